The van der Waals surface area contributed by atoms with Crippen molar-refractivity contribution in [3.8, 4) is 17.0 Å². The molecule has 0 saturated carbocycles. The van der Waals surface area contributed by atoms with E-state index in [9.17, 15) is 18.0 Å². The number of halogens is 3. The van der Waals surface area contributed by atoms with Crippen LogP contribution >= 0.6 is 11.3 Å². The average Bonchev–Trinajstić information content (AvgIpc) is 3.58. The third kappa shape index (κ3) is 5.11. The molecule has 0 unspecified atom stereocenters. The Morgan fingerprint density at radius 2 is 1.76 bits per heavy atom. The summed E-state index contributed by atoms with van der Waals surface area (Å²) >= 11 is 1.54. The molecule has 3 heterocycles. The van der Waals surface area contributed by atoms with Gasteiger partial charge < -0.3 is 9.64 Å². The first-order valence-electron chi connectivity index (χ1n) is 13.4. The van der Waals surface area contributed by atoms with Crippen molar-refractivity contribution in [2.45, 2.75) is 38.0 Å². The Morgan fingerprint density at radius 1 is 1.05 bits per heavy atom. The second-order valence-electron chi connectivity index (χ2n) is 10.4. The van der Waals surface area contributed by atoms with Crippen molar-refractivity contribution in [2.24, 2.45) is 10.2 Å². The number of alkyl halides is 3. The van der Waals surface area contributed by atoms with Crippen LogP contribution in [0.1, 0.15) is 32.1 Å². The molecule has 214 valence electrons. The van der Waals surface area contributed by atoms with E-state index in [-0.39, 0.29) is 17.8 Å². The van der Waals surface area contributed by atoms with Crippen molar-refractivity contribution in [1.29, 1.82) is 0 Å². The summed E-state index contributed by atoms with van der Waals surface area (Å²) in [5, 5.41) is 7.34. The number of fused-ring (bicyclic) bond motifs is 1. The zero-order chi connectivity index (χ0) is 29.6. The van der Waals surface area contributed by atoms with E-state index in [4.69, 9.17) is 9.72 Å². The fraction of sp³-hybridized carbons (Fsp3) is 0.250. The van der Waals surface area contributed by atoms with Crippen LogP contribution in [0.3, 0.4) is 0 Å². The largest absolute Gasteiger partial charge is 0.497 e. The number of hydrogen-bond acceptors (Lipinski definition) is 7. The Hall–Kier alpha value is -4.31. The number of ether oxygens (including phenoxy) is 1. The van der Waals surface area contributed by atoms with Crippen molar-refractivity contribution in [3.63, 3.8) is 0 Å². The van der Waals surface area contributed by atoms with Gasteiger partial charge in [-0.15, -0.1) is 21.6 Å². The highest BCUT2D eigenvalue weighted by Crippen LogP contribution is 2.52. The van der Waals surface area contributed by atoms with Crippen LogP contribution in [0.15, 0.2) is 83.5 Å². The molecular formula is C32H27F3N4O2S. The molecule has 42 heavy (non-hydrogen) atoms. The van der Waals surface area contributed by atoms with Crippen LogP contribution in [0.4, 0.5) is 18.9 Å². The predicted molar refractivity (Wildman–Crippen MR) is 157 cm³/mol. The van der Waals surface area contributed by atoms with Gasteiger partial charge in [0.15, 0.2) is 0 Å². The number of nitrogens with zero attached hydrogens (tertiary/aromatic N) is 4. The molecule has 2 aliphatic heterocycles. The smallest absolute Gasteiger partial charge is 0.442 e. The van der Waals surface area contributed by atoms with E-state index < -0.39 is 11.8 Å². The van der Waals surface area contributed by atoms with Crippen molar-refractivity contribution < 1.29 is 22.7 Å². The van der Waals surface area contributed by atoms with Gasteiger partial charge in [-0.1, -0.05) is 49.0 Å². The third-order valence-corrected chi connectivity index (χ3v) is 8.61. The molecule has 0 saturated heterocycles. The van der Waals surface area contributed by atoms with Gasteiger partial charge in [-0.25, -0.2) is 4.98 Å². The van der Waals surface area contributed by atoms with Gasteiger partial charge in [0.1, 0.15) is 16.5 Å². The quantitative estimate of drug-likeness (QED) is 0.201. The summed E-state index contributed by atoms with van der Waals surface area (Å²) in [6, 6.07) is 19.8. The standard InChI is InChI=1S/C32H27F3N4O2S/c1-19(22-6-9-25(10-7-22)31(37-38-31)32(33,34)35)39-15-14-23-17-24(8-13-28(23)39)30-20(2)42-29(36-30)18-26(40)16-21-4-11-27(41-3)12-5-21/h4-13,17H,1,14-16,18H2,2-3H3. The van der Waals surface area contributed by atoms with Crippen LogP contribution < -0.4 is 9.64 Å². The van der Waals surface area contributed by atoms with Crippen LogP contribution in [-0.4, -0.2) is 30.6 Å². The second-order valence-corrected chi connectivity index (χ2v) is 11.7. The number of hydrogen-bond donors (Lipinski definition) is 0. The van der Waals surface area contributed by atoms with Gasteiger partial charge in [-0.2, -0.15) is 13.2 Å². The minimum Gasteiger partial charge on any atom is -0.497 e. The number of carbonyl (C=O) groups is 1. The summed E-state index contributed by atoms with van der Waals surface area (Å²) in [7, 11) is 1.61. The van der Waals surface area contributed by atoms with Gasteiger partial charge in [-0.05, 0) is 54.3 Å². The molecule has 10 heteroatoms. The minimum atomic E-state index is -4.56. The highest BCUT2D eigenvalue weighted by atomic mass is 32.1. The van der Waals surface area contributed by atoms with Crippen molar-refractivity contribution >= 4 is 28.5 Å². The second kappa shape index (κ2) is 10.5. The number of benzene rings is 3. The van der Waals surface area contributed by atoms with Crippen molar-refractivity contribution in [2.75, 3.05) is 18.6 Å². The summed E-state index contributed by atoms with van der Waals surface area (Å²) in [4.78, 5) is 20.7. The Labute approximate surface area is 245 Å². The monoisotopic (exact) mass is 588 g/mol. The van der Waals surface area contributed by atoms with E-state index in [1.807, 2.05) is 43.3 Å². The summed E-state index contributed by atoms with van der Waals surface area (Å²) in [5.41, 5.74) is 3.96. The van der Waals surface area contributed by atoms with Crippen LogP contribution in [0.5, 0.6) is 5.75 Å². The van der Waals surface area contributed by atoms with E-state index in [1.165, 1.54) is 23.5 Å². The zero-order valence-corrected chi connectivity index (χ0v) is 23.9. The highest BCUT2D eigenvalue weighted by Gasteiger charge is 2.65. The lowest BCUT2D eigenvalue weighted by molar-refractivity contribution is -0.166. The Balaban J connectivity index is 1.14. The maximum atomic E-state index is 13.4. The Morgan fingerprint density at radius 3 is 2.40 bits per heavy atom. The molecule has 6 nitrogen and oxygen atoms in total. The van der Waals surface area contributed by atoms with Crippen molar-refractivity contribution in [1.82, 2.24) is 4.98 Å². The maximum Gasteiger partial charge on any atom is 0.442 e. The number of ketones is 1. The van der Waals surface area contributed by atoms with Crippen LogP contribution in [-0.2, 0) is 29.7 Å². The van der Waals surface area contributed by atoms with Gasteiger partial charge in [0.25, 0.3) is 0 Å². The topological polar surface area (TPSA) is 67.2 Å². The highest BCUT2D eigenvalue weighted by molar-refractivity contribution is 7.12. The molecule has 3 aromatic carbocycles. The van der Waals surface area contributed by atoms with Gasteiger partial charge in [0.2, 0.25) is 0 Å². The lowest BCUT2D eigenvalue weighted by atomic mass is 10.00. The van der Waals surface area contributed by atoms with Gasteiger partial charge in [0, 0.05) is 40.4 Å². The van der Waals surface area contributed by atoms with Crippen LogP contribution in [0, 0.1) is 6.92 Å². The Kier molecular flexibility index (Phi) is 6.97. The molecule has 1 aromatic heterocycles. The summed E-state index contributed by atoms with van der Waals surface area (Å²) in [6.07, 6.45) is -3.14. The SMILES string of the molecule is C=C(c1ccc(C2(C(F)(F)F)N=N2)cc1)N1CCc2cc(-c3nc(CC(=O)Cc4ccc(OC)cc4)sc3C)ccc21. The molecule has 6 rings (SSSR count). The molecule has 0 bridgehead atoms. The maximum absolute atomic E-state index is 13.4. The fourth-order valence-electron chi connectivity index (χ4n) is 5.32. The molecule has 0 fully saturated rings. The van der Waals surface area contributed by atoms with Crippen LogP contribution in [0.2, 0.25) is 0 Å². The normalized spacial score (nSPS) is 15.0. The number of aryl methyl sites for hydroxylation is 1. The van der Waals surface area contributed by atoms with E-state index in [0.29, 0.717) is 18.7 Å². The molecule has 4 aromatic rings. The minimum absolute atomic E-state index is 0.00144. The molecule has 2 aliphatic rings. The number of carbonyl (C=O) groups excluding carboxylic acids is 1. The Bertz CT molecular complexity index is 1700. The lowest BCUT2D eigenvalue weighted by Gasteiger charge is -2.23. The first-order valence-corrected chi connectivity index (χ1v) is 14.2. The number of methoxy groups -OCH3 is 1. The zero-order valence-electron chi connectivity index (χ0n) is 23.0. The number of aromatic nitrogens is 1. The third-order valence-electron chi connectivity index (χ3n) is 7.64. The molecule has 0 aliphatic carbocycles. The molecule has 0 N–H and O–H groups in total. The number of anilines is 1. The molecule has 0 radical (unpaired) electrons. The van der Waals surface area contributed by atoms with E-state index in [0.717, 1.165) is 55.7 Å². The lowest BCUT2D eigenvalue weighted by Crippen LogP contribution is -2.30. The number of Topliss-reactive ketones (excluding diaryl/α,β-unsaturated/α-hetero) is 1. The molecule has 0 atom stereocenters. The summed E-state index contributed by atoms with van der Waals surface area (Å²) in [6.45, 7) is 6.95. The molecular weight excluding hydrogens is 561 g/mol. The fourth-order valence-corrected chi connectivity index (χ4v) is 6.30. The predicted octanol–water partition coefficient (Wildman–Crippen LogP) is 7.70. The van der Waals surface area contributed by atoms with E-state index >= 15 is 0 Å². The number of rotatable bonds is 9. The molecule has 0 amide bonds. The number of thiazole rings is 1. The first kappa shape index (κ1) is 27.8. The van der Waals surface area contributed by atoms with Crippen molar-refractivity contribution in [3.05, 3.63) is 105 Å². The summed E-state index contributed by atoms with van der Waals surface area (Å²) < 4.78 is 45.2. The average molecular weight is 589 g/mol. The van der Waals surface area contributed by atoms with Crippen LogP contribution in [0.25, 0.3) is 17.0 Å². The molecule has 0 spiro atoms. The van der Waals surface area contributed by atoms with Gasteiger partial charge in [-0.3, -0.25) is 4.79 Å². The van der Waals surface area contributed by atoms with Gasteiger partial charge in [0.05, 0.1) is 19.2 Å². The van der Waals surface area contributed by atoms with Gasteiger partial charge >= 0.3 is 11.8 Å². The van der Waals surface area contributed by atoms with E-state index in [2.05, 4.69) is 27.8 Å². The summed E-state index contributed by atoms with van der Waals surface area (Å²) in [5.74, 6) is 0.859. The van der Waals surface area contributed by atoms with E-state index in [1.54, 1.807) is 19.2 Å². The first-order chi connectivity index (χ1) is 20.1.